The molecule has 82 valence electrons. The molecule has 3 heteroatoms. The maximum atomic E-state index is 13.2. The van der Waals surface area contributed by atoms with E-state index in [2.05, 4.69) is 13.8 Å². The summed E-state index contributed by atoms with van der Waals surface area (Å²) in [5, 5.41) is 0.459. The monoisotopic (exact) mass is 246 g/mol. The average molecular weight is 247 g/mol. The van der Waals surface area contributed by atoms with Crippen LogP contribution in [0, 0.1) is 17.2 Å². The average Bonchev–Trinajstić information content (AvgIpc) is 2.66. The molecule has 1 fully saturated rings. The molecule has 0 saturated heterocycles. The third-order valence-corrected chi connectivity index (χ3v) is 4.01. The maximum absolute atomic E-state index is 13.2. The fourth-order valence-electron chi connectivity index (χ4n) is 2.45. The van der Waals surface area contributed by atoms with Crippen molar-refractivity contribution in [3.8, 4) is 0 Å². The van der Waals surface area contributed by atoms with E-state index in [4.69, 9.17) is 23.2 Å². The lowest BCUT2D eigenvalue weighted by Crippen LogP contribution is -1.91. The van der Waals surface area contributed by atoms with E-state index in [1.807, 2.05) is 6.07 Å². The van der Waals surface area contributed by atoms with E-state index in [1.165, 1.54) is 6.07 Å². The van der Waals surface area contributed by atoms with E-state index in [0.717, 1.165) is 5.56 Å². The second-order valence-electron chi connectivity index (χ2n) is 4.76. The third-order valence-electron chi connectivity index (χ3n) is 3.46. The Hall–Kier alpha value is -0.270. The Kier molecular flexibility index (Phi) is 2.72. The van der Waals surface area contributed by atoms with Gasteiger partial charge in [0.15, 0.2) is 0 Å². The molecule has 2 rings (SSSR count). The molecule has 1 aromatic carbocycles. The molecule has 0 heterocycles. The molecule has 0 aromatic heterocycles. The van der Waals surface area contributed by atoms with Gasteiger partial charge in [0.05, 0.1) is 0 Å². The summed E-state index contributed by atoms with van der Waals surface area (Å²) in [4.78, 5) is 0. The van der Waals surface area contributed by atoms with Crippen LogP contribution in [0.25, 0.3) is 0 Å². The van der Waals surface area contributed by atoms with Crippen molar-refractivity contribution in [2.75, 3.05) is 5.88 Å². The molecule has 2 unspecified atom stereocenters. The molecule has 1 aliphatic carbocycles. The van der Waals surface area contributed by atoms with Crippen molar-refractivity contribution in [1.82, 2.24) is 0 Å². The lowest BCUT2D eigenvalue weighted by atomic mass is 10.0. The van der Waals surface area contributed by atoms with Gasteiger partial charge in [0.2, 0.25) is 0 Å². The zero-order valence-electron chi connectivity index (χ0n) is 8.73. The quantitative estimate of drug-likeness (QED) is 0.677. The second-order valence-corrected chi connectivity index (χ2v) is 5.51. The fraction of sp³-hybridized carbons (Fsp3) is 0.500. The van der Waals surface area contributed by atoms with E-state index in [0.29, 0.717) is 22.7 Å². The van der Waals surface area contributed by atoms with Gasteiger partial charge >= 0.3 is 0 Å². The van der Waals surface area contributed by atoms with Crippen LogP contribution in [-0.2, 0) is 0 Å². The summed E-state index contributed by atoms with van der Waals surface area (Å²) < 4.78 is 13.2. The smallest absolute Gasteiger partial charge is 0.124 e. The molecular formula is C12H13Cl2F. The van der Waals surface area contributed by atoms with Crippen LogP contribution in [0.5, 0.6) is 0 Å². The van der Waals surface area contributed by atoms with Gasteiger partial charge in [0, 0.05) is 10.9 Å². The Morgan fingerprint density at radius 2 is 2.00 bits per heavy atom. The molecule has 2 atom stereocenters. The van der Waals surface area contributed by atoms with Gasteiger partial charge in [-0.05, 0) is 41.0 Å². The van der Waals surface area contributed by atoms with E-state index in [9.17, 15) is 4.39 Å². The summed E-state index contributed by atoms with van der Waals surface area (Å²) in [5.41, 5.74) is 1.13. The number of hydrogen-bond donors (Lipinski definition) is 0. The van der Waals surface area contributed by atoms with Gasteiger partial charge in [-0.3, -0.25) is 0 Å². The Balaban J connectivity index is 2.32. The number of halogens is 3. The molecular weight excluding hydrogens is 234 g/mol. The minimum absolute atomic E-state index is 0.166. The lowest BCUT2D eigenvalue weighted by molar-refractivity contribution is 0.575. The molecule has 0 spiro atoms. The molecule has 0 aliphatic heterocycles. The van der Waals surface area contributed by atoms with Gasteiger partial charge < -0.3 is 0 Å². The molecule has 0 amide bonds. The first-order valence-corrected chi connectivity index (χ1v) is 5.90. The summed E-state index contributed by atoms with van der Waals surface area (Å²) >= 11 is 11.7. The van der Waals surface area contributed by atoms with Crippen molar-refractivity contribution < 1.29 is 4.39 Å². The summed E-state index contributed by atoms with van der Waals surface area (Å²) in [6.45, 7) is 4.31. The molecule has 1 aliphatic rings. The van der Waals surface area contributed by atoms with Crippen molar-refractivity contribution in [3.05, 3.63) is 34.6 Å². The number of benzene rings is 1. The maximum Gasteiger partial charge on any atom is 0.124 e. The molecule has 0 radical (unpaired) electrons. The van der Waals surface area contributed by atoms with Crippen LogP contribution >= 0.6 is 23.2 Å². The largest absolute Gasteiger partial charge is 0.207 e. The standard InChI is InChI=1S/C12H13Cl2F/c1-12(2)10(6-13)11(12)7-3-8(14)5-9(15)4-7/h3-5,10-11H,6H2,1-2H3. The highest BCUT2D eigenvalue weighted by Gasteiger charge is 2.57. The van der Waals surface area contributed by atoms with Crippen molar-refractivity contribution in [2.45, 2.75) is 19.8 Å². The second kappa shape index (κ2) is 3.64. The molecule has 0 nitrogen and oxygen atoms in total. The van der Waals surface area contributed by atoms with Crippen molar-refractivity contribution in [1.29, 1.82) is 0 Å². The molecule has 0 bridgehead atoms. The predicted molar refractivity (Wildman–Crippen MR) is 62.1 cm³/mol. The summed E-state index contributed by atoms with van der Waals surface area (Å²) in [7, 11) is 0. The fourth-order valence-corrected chi connectivity index (χ4v) is 3.25. The Morgan fingerprint density at radius 1 is 1.33 bits per heavy atom. The molecule has 0 N–H and O–H groups in total. The van der Waals surface area contributed by atoms with Gasteiger partial charge in [-0.25, -0.2) is 4.39 Å². The summed E-state index contributed by atoms with van der Waals surface area (Å²) in [5.74, 6) is 1.11. The van der Waals surface area contributed by atoms with Crippen LogP contribution in [0.15, 0.2) is 18.2 Å². The van der Waals surface area contributed by atoms with Gasteiger partial charge in [-0.15, -0.1) is 11.6 Å². The molecule has 1 saturated carbocycles. The van der Waals surface area contributed by atoms with Crippen LogP contribution < -0.4 is 0 Å². The number of rotatable bonds is 2. The van der Waals surface area contributed by atoms with E-state index >= 15 is 0 Å². The SMILES string of the molecule is CC1(C)C(CCl)C1c1cc(F)cc(Cl)c1. The normalized spacial score (nSPS) is 27.8. The summed E-state index contributed by atoms with van der Waals surface area (Å²) in [6, 6.07) is 4.73. The lowest BCUT2D eigenvalue weighted by Gasteiger charge is -2.04. The number of alkyl halides is 1. The highest BCUT2D eigenvalue weighted by atomic mass is 35.5. The Labute approximate surface area is 99.4 Å². The van der Waals surface area contributed by atoms with Crippen LogP contribution in [-0.4, -0.2) is 5.88 Å². The highest BCUT2D eigenvalue weighted by molar-refractivity contribution is 6.30. The van der Waals surface area contributed by atoms with Gasteiger partial charge in [-0.1, -0.05) is 25.4 Å². The highest BCUT2D eigenvalue weighted by Crippen LogP contribution is 2.64. The van der Waals surface area contributed by atoms with Gasteiger partial charge in [0.1, 0.15) is 5.82 Å². The predicted octanol–water partition coefficient (Wildman–Crippen LogP) is 4.46. The van der Waals surface area contributed by atoms with E-state index in [-0.39, 0.29) is 11.2 Å². The van der Waals surface area contributed by atoms with Crippen LogP contribution in [0.3, 0.4) is 0 Å². The molecule has 1 aromatic rings. The van der Waals surface area contributed by atoms with Crippen molar-refractivity contribution in [3.63, 3.8) is 0 Å². The van der Waals surface area contributed by atoms with Crippen LogP contribution in [0.2, 0.25) is 5.02 Å². The third kappa shape index (κ3) is 1.88. The van der Waals surface area contributed by atoms with Crippen molar-refractivity contribution in [2.24, 2.45) is 11.3 Å². The van der Waals surface area contributed by atoms with E-state index in [1.54, 1.807) is 6.07 Å². The topological polar surface area (TPSA) is 0 Å². The zero-order valence-corrected chi connectivity index (χ0v) is 10.2. The first kappa shape index (κ1) is 11.2. The van der Waals surface area contributed by atoms with Crippen LogP contribution in [0.1, 0.15) is 25.3 Å². The zero-order chi connectivity index (χ0) is 11.2. The van der Waals surface area contributed by atoms with Gasteiger partial charge in [-0.2, -0.15) is 0 Å². The summed E-state index contributed by atoms with van der Waals surface area (Å²) in [6.07, 6.45) is 0. The molecule has 15 heavy (non-hydrogen) atoms. The Bertz CT molecular complexity index is 367. The van der Waals surface area contributed by atoms with Crippen LogP contribution in [0.4, 0.5) is 4.39 Å². The van der Waals surface area contributed by atoms with Gasteiger partial charge in [0.25, 0.3) is 0 Å². The van der Waals surface area contributed by atoms with Crippen molar-refractivity contribution >= 4 is 23.2 Å². The first-order chi connectivity index (χ1) is 6.96. The van der Waals surface area contributed by atoms with E-state index < -0.39 is 0 Å². The minimum atomic E-state index is -0.270. The minimum Gasteiger partial charge on any atom is -0.207 e. The number of hydrogen-bond acceptors (Lipinski definition) is 0. The first-order valence-electron chi connectivity index (χ1n) is 4.98. The Morgan fingerprint density at radius 3 is 2.47 bits per heavy atom.